The van der Waals surface area contributed by atoms with Crippen molar-refractivity contribution in [3.8, 4) is 5.75 Å². The Hall–Kier alpha value is -2.41. The van der Waals surface area contributed by atoms with Crippen LogP contribution >= 0.6 is 0 Å². The zero-order valence-electron chi connectivity index (χ0n) is 16.7. The fourth-order valence-electron chi connectivity index (χ4n) is 4.29. The SMILES string of the molecule is O=C(c1coc(COc2ccccc2F)n1)N1CCCN(C2CCCCC2)CC1. The Morgan fingerprint density at radius 3 is 2.76 bits per heavy atom. The number of ether oxygens (including phenoxy) is 1. The van der Waals surface area contributed by atoms with Gasteiger partial charge in [-0.2, -0.15) is 0 Å². The first-order chi connectivity index (χ1) is 14.2. The monoisotopic (exact) mass is 401 g/mol. The predicted octanol–water partition coefficient (Wildman–Crippen LogP) is 3.87. The fourth-order valence-corrected chi connectivity index (χ4v) is 4.29. The number of aromatic nitrogens is 1. The second-order valence-corrected chi connectivity index (χ2v) is 7.82. The number of para-hydroxylation sites is 1. The Morgan fingerprint density at radius 2 is 1.93 bits per heavy atom. The smallest absolute Gasteiger partial charge is 0.275 e. The number of rotatable bonds is 5. The Morgan fingerprint density at radius 1 is 1.10 bits per heavy atom. The first kappa shape index (κ1) is 19.9. The third-order valence-electron chi connectivity index (χ3n) is 5.87. The lowest BCUT2D eigenvalue weighted by atomic mass is 9.94. The summed E-state index contributed by atoms with van der Waals surface area (Å²) in [5.74, 6) is -0.164. The second-order valence-electron chi connectivity index (χ2n) is 7.82. The van der Waals surface area contributed by atoms with Gasteiger partial charge in [-0.25, -0.2) is 9.37 Å². The summed E-state index contributed by atoms with van der Waals surface area (Å²) in [7, 11) is 0. The van der Waals surface area contributed by atoms with Crippen molar-refractivity contribution in [2.75, 3.05) is 26.2 Å². The third-order valence-corrected chi connectivity index (χ3v) is 5.87. The highest BCUT2D eigenvalue weighted by Crippen LogP contribution is 2.24. The van der Waals surface area contributed by atoms with Crippen LogP contribution in [0.25, 0.3) is 0 Å². The van der Waals surface area contributed by atoms with Gasteiger partial charge in [0.2, 0.25) is 5.89 Å². The molecule has 1 amide bonds. The summed E-state index contributed by atoms with van der Waals surface area (Å²) in [5.41, 5.74) is 0.281. The van der Waals surface area contributed by atoms with Crippen molar-refractivity contribution in [2.24, 2.45) is 0 Å². The molecule has 6 nitrogen and oxygen atoms in total. The van der Waals surface area contributed by atoms with Crippen molar-refractivity contribution >= 4 is 5.91 Å². The summed E-state index contributed by atoms with van der Waals surface area (Å²) in [6.45, 7) is 3.38. The Balaban J connectivity index is 1.32. The van der Waals surface area contributed by atoms with E-state index < -0.39 is 5.82 Å². The van der Waals surface area contributed by atoms with Gasteiger partial charge in [0.25, 0.3) is 5.91 Å². The summed E-state index contributed by atoms with van der Waals surface area (Å²) in [5, 5.41) is 0. The standard InChI is InChI=1S/C22H28FN3O3/c23-18-9-4-5-10-20(18)28-16-21-24-19(15-29-21)22(27)26-12-6-11-25(13-14-26)17-7-2-1-3-8-17/h4-5,9-10,15,17H,1-3,6-8,11-14,16H2. The molecule has 0 atom stereocenters. The summed E-state index contributed by atoms with van der Waals surface area (Å²) in [4.78, 5) is 21.5. The number of hydrogen-bond donors (Lipinski definition) is 0. The molecular weight excluding hydrogens is 373 g/mol. The molecule has 1 aromatic heterocycles. The van der Waals surface area contributed by atoms with E-state index in [2.05, 4.69) is 9.88 Å². The lowest BCUT2D eigenvalue weighted by Gasteiger charge is -2.33. The number of nitrogens with zero attached hydrogens (tertiary/aromatic N) is 3. The molecule has 2 heterocycles. The second kappa shape index (κ2) is 9.39. The highest BCUT2D eigenvalue weighted by Gasteiger charge is 2.27. The maximum absolute atomic E-state index is 13.6. The van der Waals surface area contributed by atoms with E-state index in [1.807, 2.05) is 4.90 Å². The van der Waals surface area contributed by atoms with E-state index in [1.54, 1.807) is 18.2 Å². The van der Waals surface area contributed by atoms with Gasteiger partial charge in [0.15, 0.2) is 23.9 Å². The Bertz CT molecular complexity index is 819. The molecule has 156 valence electrons. The molecule has 2 fully saturated rings. The lowest BCUT2D eigenvalue weighted by molar-refractivity contribution is 0.0749. The van der Waals surface area contributed by atoms with Gasteiger partial charge >= 0.3 is 0 Å². The molecule has 29 heavy (non-hydrogen) atoms. The minimum Gasteiger partial charge on any atom is -0.481 e. The van der Waals surface area contributed by atoms with Crippen LogP contribution in [0.3, 0.4) is 0 Å². The molecule has 1 aliphatic carbocycles. The van der Waals surface area contributed by atoms with Crippen molar-refractivity contribution in [2.45, 2.75) is 51.2 Å². The average molecular weight is 401 g/mol. The van der Waals surface area contributed by atoms with Gasteiger partial charge in [-0.1, -0.05) is 31.4 Å². The number of oxazole rings is 1. The maximum Gasteiger partial charge on any atom is 0.275 e. The summed E-state index contributed by atoms with van der Waals surface area (Å²) < 4.78 is 24.4. The average Bonchev–Trinajstić information content (AvgIpc) is 3.09. The van der Waals surface area contributed by atoms with Crippen molar-refractivity contribution in [3.63, 3.8) is 0 Å². The van der Waals surface area contributed by atoms with E-state index in [-0.39, 0.29) is 29.8 Å². The van der Waals surface area contributed by atoms with E-state index in [0.717, 1.165) is 26.1 Å². The summed E-state index contributed by atoms with van der Waals surface area (Å²) >= 11 is 0. The van der Waals surface area contributed by atoms with E-state index in [0.29, 0.717) is 12.6 Å². The van der Waals surface area contributed by atoms with Crippen molar-refractivity contribution in [1.82, 2.24) is 14.8 Å². The van der Waals surface area contributed by atoms with Crippen molar-refractivity contribution in [1.29, 1.82) is 0 Å². The van der Waals surface area contributed by atoms with Crippen LogP contribution in [0.4, 0.5) is 4.39 Å². The molecule has 0 unspecified atom stereocenters. The number of halogens is 1. The zero-order valence-corrected chi connectivity index (χ0v) is 16.7. The van der Waals surface area contributed by atoms with E-state index in [9.17, 15) is 9.18 Å². The van der Waals surface area contributed by atoms with Crippen molar-refractivity contribution < 1.29 is 18.3 Å². The lowest BCUT2D eigenvalue weighted by Crippen LogP contribution is -2.40. The molecule has 4 rings (SSSR count). The molecule has 0 spiro atoms. The van der Waals surface area contributed by atoms with Crippen LogP contribution in [-0.2, 0) is 6.61 Å². The minimum absolute atomic E-state index is 0.0241. The highest BCUT2D eigenvalue weighted by atomic mass is 19.1. The Labute approximate surface area is 170 Å². The van der Waals surface area contributed by atoms with Gasteiger partial charge in [-0.15, -0.1) is 0 Å². The van der Waals surface area contributed by atoms with E-state index in [4.69, 9.17) is 9.15 Å². The molecule has 0 radical (unpaired) electrons. The summed E-state index contributed by atoms with van der Waals surface area (Å²) in [6, 6.07) is 6.84. The Kier molecular flexibility index (Phi) is 6.44. The quantitative estimate of drug-likeness (QED) is 0.761. The third kappa shape index (κ3) is 4.96. The molecule has 2 aliphatic rings. The molecule has 0 N–H and O–H groups in total. The molecule has 7 heteroatoms. The van der Waals surface area contributed by atoms with Gasteiger partial charge in [0.05, 0.1) is 0 Å². The molecular formula is C22H28FN3O3. The van der Waals surface area contributed by atoms with Gasteiger partial charge in [-0.3, -0.25) is 9.69 Å². The van der Waals surface area contributed by atoms with Crippen LogP contribution in [0.5, 0.6) is 5.75 Å². The van der Waals surface area contributed by atoms with Gasteiger partial charge in [0, 0.05) is 32.2 Å². The maximum atomic E-state index is 13.6. The number of hydrogen-bond acceptors (Lipinski definition) is 5. The van der Waals surface area contributed by atoms with E-state index >= 15 is 0 Å². The number of carbonyl (C=O) groups excluding carboxylic acids is 1. The molecule has 1 aromatic carbocycles. The van der Waals surface area contributed by atoms with Gasteiger partial charge < -0.3 is 14.1 Å². The highest BCUT2D eigenvalue weighted by molar-refractivity contribution is 5.92. The molecule has 0 bridgehead atoms. The van der Waals surface area contributed by atoms with Crippen LogP contribution in [0.1, 0.15) is 54.9 Å². The zero-order chi connectivity index (χ0) is 20.1. The van der Waals surface area contributed by atoms with Crippen molar-refractivity contribution in [3.05, 3.63) is 47.9 Å². The van der Waals surface area contributed by atoms with Gasteiger partial charge in [-0.05, 0) is 31.4 Å². The number of carbonyl (C=O) groups is 1. The predicted molar refractivity (Wildman–Crippen MR) is 106 cm³/mol. The number of amides is 1. The fraction of sp³-hybridized carbons (Fsp3) is 0.545. The number of benzene rings is 1. The van der Waals surface area contributed by atoms with Crippen LogP contribution in [0.15, 0.2) is 34.9 Å². The minimum atomic E-state index is -0.442. The van der Waals surface area contributed by atoms with Gasteiger partial charge in [0.1, 0.15) is 6.26 Å². The summed E-state index contributed by atoms with van der Waals surface area (Å²) in [6.07, 6.45) is 8.89. The van der Waals surface area contributed by atoms with Crippen LogP contribution in [0.2, 0.25) is 0 Å². The normalized spacial score (nSPS) is 19.1. The first-order valence-electron chi connectivity index (χ1n) is 10.6. The molecule has 2 aromatic rings. The first-order valence-corrected chi connectivity index (χ1v) is 10.6. The topological polar surface area (TPSA) is 58.8 Å². The molecule has 1 saturated carbocycles. The van der Waals surface area contributed by atoms with Crippen LogP contribution in [-0.4, -0.2) is 52.9 Å². The van der Waals surface area contributed by atoms with Crippen LogP contribution in [0, 0.1) is 5.82 Å². The van der Waals surface area contributed by atoms with E-state index in [1.165, 1.54) is 44.4 Å². The largest absolute Gasteiger partial charge is 0.481 e. The molecule has 1 saturated heterocycles. The van der Waals surface area contributed by atoms with Crippen LogP contribution < -0.4 is 4.74 Å². The molecule has 1 aliphatic heterocycles.